The summed E-state index contributed by atoms with van der Waals surface area (Å²) in [6.45, 7) is 25.3. The number of likely N-dealkylation sites (tertiary alicyclic amines) is 1. The molecule has 0 unspecified atom stereocenters. The number of sulfone groups is 1. The van der Waals surface area contributed by atoms with Crippen LogP contribution < -0.4 is 25.6 Å². The molecular formula is C74H97F3N10O9S4. The van der Waals surface area contributed by atoms with E-state index < -0.39 is 70.3 Å². The van der Waals surface area contributed by atoms with Crippen LogP contribution in [0.5, 0.6) is 0 Å². The Balaban J connectivity index is 0.748. The normalized spacial score (nSPS) is 17.9. The summed E-state index contributed by atoms with van der Waals surface area (Å²) in [7, 11) is -11.1. The average Bonchev–Trinajstić information content (AvgIpc) is 0.963. The zero-order valence-electron chi connectivity index (χ0n) is 58.6. The molecule has 3 atom stereocenters. The molecule has 19 nitrogen and oxygen atoms in total. The zero-order valence-corrected chi connectivity index (χ0v) is 61.8. The highest BCUT2D eigenvalue weighted by atomic mass is 32.2. The van der Waals surface area contributed by atoms with Crippen LogP contribution in [0.1, 0.15) is 140 Å². The number of allylic oxidation sites excluding steroid dienone is 2. The number of hydrogen-bond acceptors (Lipinski definition) is 16. The van der Waals surface area contributed by atoms with E-state index in [0.717, 1.165) is 109 Å². The molecular weight excluding hydrogens is 1360 g/mol. The summed E-state index contributed by atoms with van der Waals surface area (Å²) in [6.07, 6.45) is 7.91. The maximum absolute atomic E-state index is 14.6. The smallest absolute Gasteiger partial charge is 0.380 e. The molecule has 4 heterocycles. The van der Waals surface area contributed by atoms with Crippen molar-refractivity contribution in [2.45, 2.75) is 170 Å². The van der Waals surface area contributed by atoms with Crippen LogP contribution >= 0.6 is 23.1 Å². The van der Waals surface area contributed by atoms with E-state index in [1.54, 1.807) is 38.8 Å². The first-order valence-corrected chi connectivity index (χ1v) is 39.4. The SMILES string of the molecule is C=C(C)CCC1=C(CN2CCN(c3ccc(C(=O)NS(=O)(=O)c4ccc(N[C@H](CCN5CCN(C(=O)CCCCC(=O)N[C@H](C(=O)N6CCC[C@H]6C(=O)NCc6ccc(-c7scnc7C)cc6)C(C)(C)C)CC5)CSc5ccccc5)c(S(=O)(=O)C(F)(F)F)c4)cc3)CC2)CCC(C)(C)C1. The number of aromatic nitrogens is 1. The van der Waals surface area contributed by atoms with Crippen molar-refractivity contribution in [2.24, 2.45) is 10.8 Å². The number of anilines is 2. The van der Waals surface area contributed by atoms with Gasteiger partial charge in [-0.05, 0) is 155 Å². The fourth-order valence-corrected chi connectivity index (χ4v) is 17.2. The molecule has 5 aromatic rings. The molecule has 1 aromatic heterocycles. The highest BCUT2D eigenvalue weighted by Crippen LogP contribution is 2.42. The summed E-state index contributed by atoms with van der Waals surface area (Å²) in [6, 6.07) is 23.7. The predicted molar refractivity (Wildman–Crippen MR) is 389 cm³/mol. The number of thiazole rings is 1. The highest BCUT2D eigenvalue weighted by Gasteiger charge is 2.49. The molecule has 0 saturated carbocycles. The summed E-state index contributed by atoms with van der Waals surface area (Å²) >= 11 is 2.96. The minimum atomic E-state index is -6.17. The zero-order chi connectivity index (χ0) is 72.2. The molecule has 542 valence electrons. The Morgan fingerprint density at radius 3 is 2.14 bits per heavy atom. The van der Waals surface area contributed by atoms with Gasteiger partial charge in [-0.2, -0.15) is 13.2 Å². The minimum absolute atomic E-state index is 0.0279. The van der Waals surface area contributed by atoms with E-state index in [1.807, 2.05) is 92.5 Å². The van der Waals surface area contributed by atoms with Gasteiger partial charge in [0, 0.05) is 119 Å². The Morgan fingerprint density at radius 2 is 1.49 bits per heavy atom. The summed E-state index contributed by atoms with van der Waals surface area (Å²) in [4.78, 5) is 82.5. The molecule has 9 rings (SSSR count). The molecule has 26 heteroatoms. The number of alkyl halides is 3. The Kier molecular flexibility index (Phi) is 26.0. The molecule has 4 N–H and O–H groups in total. The predicted octanol–water partition coefficient (Wildman–Crippen LogP) is 12.0. The number of rotatable bonds is 29. The Labute approximate surface area is 596 Å². The van der Waals surface area contributed by atoms with Crippen LogP contribution in [0.3, 0.4) is 0 Å². The fourth-order valence-electron chi connectivity index (χ4n) is 13.3. The van der Waals surface area contributed by atoms with Crippen LogP contribution in [-0.4, -0.2) is 172 Å². The standard InChI is InChI=1S/C74H97F3N10O9S4/c1-51(2)20-23-56-46-73(7,8)34-32-57(56)48-84-39-41-85(42-40-84)59-28-26-55(27-29-59)69(90)82-100(95,96)61-30-31-62(64(45-61)99(93,94)74(75,76)77)80-58(49-97-60-15-10-9-11-16-60)33-36-83-37-43-86(44-38-83)66(89)19-13-12-18-65(88)81-68(72(4,5)6)71(92)87-35-14-17-63(87)70(91)78-47-53-21-24-54(25-22-53)67-52(3)79-50-98-67/h9-11,15-16,21-22,24-31,45,50,58,63,68,80H,1,12-14,17-20,23,32-44,46-49H2,2-8H3,(H,78,91)(H,81,88)(H,82,90)/t58-,63+,68-/m1/s1. The lowest BCUT2D eigenvalue weighted by Gasteiger charge is -2.39. The number of carbonyl (C=O) groups excluding carboxylic acids is 5. The number of sulfonamides is 1. The number of nitrogens with zero attached hydrogens (tertiary/aromatic N) is 6. The van der Waals surface area contributed by atoms with Crippen LogP contribution in [0.2, 0.25) is 0 Å². The monoisotopic (exact) mass is 1450 g/mol. The van der Waals surface area contributed by atoms with E-state index in [4.69, 9.17) is 0 Å². The van der Waals surface area contributed by atoms with Crippen molar-refractivity contribution >= 4 is 83.9 Å². The molecule has 4 aromatic carbocycles. The number of benzene rings is 4. The number of amides is 5. The summed E-state index contributed by atoms with van der Waals surface area (Å²) in [5, 5.41) is 8.97. The first-order chi connectivity index (χ1) is 47.3. The second-order valence-corrected chi connectivity index (χ2v) is 34.3. The Hall–Kier alpha value is -7.10. The van der Waals surface area contributed by atoms with Gasteiger partial charge in [0.25, 0.3) is 25.8 Å². The van der Waals surface area contributed by atoms with E-state index in [9.17, 15) is 54.0 Å². The number of halogens is 3. The van der Waals surface area contributed by atoms with Crippen LogP contribution in [0.4, 0.5) is 24.5 Å². The molecule has 3 saturated heterocycles. The number of hydrogen-bond donors (Lipinski definition) is 4. The average molecular weight is 1460 g/mol. The molecule has 3 aliphatic heterocycles. The van der Waals surface area contributed by atoms with E-state index in [1.165, 1.54) is 35.0 Å². The van der Waals surface area contributed by atoms with Crippen molar-refractivity contribution < 1.29 is 54.0 Å². The lowest BCUT2D eigenvalue weighted by atomic mass is 9.73. The van der Waals surface area contributed by atoms with Gasteiger partial charge in [0.15, 0.2) is 0 Å². The Morgan fingerprint density at radius 1 is 0.810 bits per heavy atom. The van der Waals surface area contributed by atoms with Gasteiger partial charge in [0.2, 0.25) is 23.6 Å². The molecule has 0 spiro atoms. The van der Waals surface area contributed by atoms with Gasteiger partial charge >= 0.3 is 5.51 Å². The molecule has 0 bridgehead atoms. The van der Waals surface area contributed by atoms with E-state index in [-0.39, 0.29) is 53.2 Å². The third-order valence-corrected chi connectivity index (χ3v) is 24.3. The lowest BCUT2D eigenvalue weighted by Crippen LogP contribution is -2.57. The number of aryl methyl sites for hydroxylation is 1. The first-order valence-electron chi connectivity index (χ1n) is 34.6. The second kappa shape index (κ2) is 33.8. The number of piperazine rings is 2. The largest absolute Gasteiger partial charge is 0.501 e. The van der Waals surface area contributed by atoms with Crippen LogP contribution in [-0.2, 0) is 45.6 Å². The third-order valence-electron chi connectivity index (χ3n) is 19.3. The highest BCUT2D eigenvalue weighted by molar-refractivity contribution is 7.99. The Bertz CT molecular complexity index is 3960. The van der Waals surface area contributed by atoms with E-state index in [2.05, 4.69) is 63.0 Å². The first kappa shape index (κ1) is 77.1. The number of unbranched alkanes of at least 4 members (excludes halogenated alkanes) is 1. The number of nitrogens with one attached hydrogen (secondary N) is 4. The number of thioether (sulfide) groups is 1. The van der Waals surface area contributed by atoms with Crippen LogP contribution in [0.25, 0.3) is 10.4 Å². The van der Waals surface area contributed by atoms with Crippen molar-refractivity contribution in [1.29, 1.82) is 0 Å². The molecule has 5 amide bonds. The van der Waals surface area contributed by atoms with Crippen molar-refractivity contribution in [3.8, 4) is 10.4 Å². The molecule has 1 aliphatic carbocycles. The molecule has 3 fully saturated rings. The van der Waals surface area contributed by atoms with Crippen molar-refractivity contribution in [1.82, 2.24) is 39.9 Å². The van der Waals surface area contributed by atoms with Gasteiger partial charge in [0.05, 0.1) is 26.7 Å². The number of carbonyl (C=O) groups is 5. The van der Waals surface area contributed by atoms with Crippen LogP contribution in [0, 0.1) is 17.8 Å². The van der Waals surface area contributed by atoms with Gasteiger partial charge < -0.3 is 30.7 Å². The maximum Gasteiger partial charge on any atom is 0.501 e. The van der Waals surface area contributed by atoms with Crippen molar-refractivity contribution in [3.63, 3.8) is 0 Å². The van der Waals surface area contributed by atoms with Gasteiger partial charge in [-0.15, -0.1) is 29.7 Å². The van der Waals surface area contributed by atoms with Gasteiger partial charge in [0.1, 0.15) is 17.0 Å². The van der Waals surface area contributed by atoms with E-state index >= 15 is 0 Å². The molecule has 4 aliphatic rings. The third kappa shape index (κ3) is 20.8. The summed E-state index contributed by atoms with van der Waals surface area (Å²) < 4.78 is 100. The second-order valence-electron chi connectivity index (χ2n) is 28.8. The van der Waals surface area contributed by atoms with Crippen molar-refractivity contribution in [3.05, 3.63) is 143 Å². The van der Waals surface area contributed by atoms with E-state index in [0.29, 0.717) is 84.0 Å². The quantitative estimate of drug-likeness (QED) is 0.0198. The van der Waals surface area contributed by atoms with Crippen LogP contribution in [0.15, 0.2) is 141 Å². The summed E-state index contributed by atoms with van der Waals surface area (Å²) in [5.74, 6) is -1.78. The maximum atomic E-state index is 14.6. The van der Waals surface area contributed by atoms with Gasteiger partial charge in [-0.3, -0.25) is 33.8 Å². The van der Waals surface area contributed by atoms with Gasteiger partial charge in [-0.1, -0.05) is 93.8 Å². The van der Waals surface area contributed by atoms with Crippen molar-refractivity contribution in [2.75, 3.05) is 88.0 Å². The van der Waals surface area contributed by atoms with Gasteiger partial charge in [-0.25, -0.2) is 26.5 Å². The minimum Gasteiger partial charge on any atom is -0.380 e. The topological polar surface area (TPSA) is 231 Å². The molecule has 0 radical (unpaired) electrons. The summed E-state index contributed by atoms with van der Waals surface area (Å²) in [5.41, 5.74) is 3.13. The molecule has 100 heavy (non-hydrogen) atoms. The fraction of sp³-hybridized carbons (Fsp3) is 0.514. The lowest BCUT2D eigenvalue weighted by molar-refractivity contribution is -0.144.